The Labute approximate surface area is 207 Å². The van der Waals surface area contributed by atoms with Gasteiger partial charge in [0, 0.05) is 26.2 Å². The molecule has 1 aliphatic heterocycles. The van der Waals surface area contributed by atoms with Crippen molar-refractivity contribution in [2.24, 2.45) is 4.99 Å². The summed E-state index contributed by atoms with van der Waals surface area (Å²) in [5.74, 6) is 1.61. The van der Waals surface area contributed by atoms with Crippen LogP contribution in [-0.2, 0) is 11.3 Å². The maximum Gasteiger partial charge on any atom is 0.191 e. The zero-order valence-corrected chi connectivity index (χ0v) is 21.0. The molecule has 0 aromatic heterocycles. The first-order valence-corrected chi connectivity index (χ1v) is 10.7. The van der Waals surface area contributed by atoms with Crippen LogP contribution >= 0.6 is 24.0 Å². The Morgan fingerprint density at radius 1 is 1.19 bits per heavy atom. The van der Waals surface area contributed by atoms with Gasteiger partial charge >= 0.3 is 0 Å². The predicted octanol–water partition coefficient (Wildman–Crippen LogP) is 3.31. The Bertz CT molecular complexity index is 892. The van der Waals surface area contributed by atoms with Gasteiger partial charge in [-0.05, 0) is 42.3 Å². The van der Waals surface area contributed by atoms with Gasteiger partial charge in [0.25, 0.3) is 0 Å². The third-order valence-electron chi connectivity index (χ3n) is 5.27. The van der Waals surface area contributed by atoms with Crippen molar-refractivity contribution in [1.82, 2.24) is 15.5 Å². The molecule has 2 N–H and O–H groups in total. The SMILES string of the molecule is CCNC(=NCc1cccc(C#N)c1)NCC(c1ccc(OC)cc1)N1CCOCC1.I. The van der Waals surface area contributed by atoms with Gasteiger partial charge in [0.15, 0.2) is 5.96 Å². The summed E-state index contributed by atoms with van der Waals surface area (Å²) >= 11 is 0. The molecule has 2 aromatic carbocycles. The van der Waals surface area contributed by atoms with Gasteiger partial charge in [0.2, 0.25) is 0 Å². The minimum absolute atomic E-state index is 0. The Hall–Kier alpha value is -2.35. The van der Waals surface area contributed by atoms with Crippen molar-refractivity contribution >= 4 is 29.9 Å². The summed E-state index contributed by atoms with van der Waals surface area (Å²) in [6.45, 7) is 7.34. The van der Waals surface area contributed by atoms with Gasteiger partial charge in [-0.3, -0.25) is 4.90 Å². The van der Waals surface area contributed by atoms with Crippen LogP contribution < -0.4 is 15.4 Å². The second-order valence-corrected chi connectivity index (χ2v) is 7.33. The molecule has 0 spiro atoms. The van der Waals surface area contributed by atoms with Crippen LogP contribution in [0.1, 0.15) is 29.7 Å². The van der Waals surface area contributed by atoms with E-state index in [2.05, 4.69) is 40.7 Å². The van der Waals surface area contributed by atoms with E-state index in [-0.39, 0.29) is 30.0 Å². The molecule has 0 radical (unpaired) electrons. The predicted molar refractivity (Wildman–Crippen MR) is 138 cm³/mol. The normalized spacial score (nSPS) is 15.2. The molecule has 0 saturated carbocycles. The van der Waals surface area contributed by atoms with Crippen LogP contribution in [0.5, 0.6) is 5.75 Å². The molecule has 1 atom stereocenters. The van der Waals surface area contributed by atoms with E-state index in [0.29, 0.717) is 12.1 Å². The van der Waals surface area contributed by atoms with Gasteiger partial charge in [0.1, 0.15) is 5.75 Å². The smallest absolute Gasteiger partial charge is 0.191 e. The number of methoxy groups -OCH3 is 1. The first-order chi connectivity index (χ1) is 15.2. The summed E-state index contributed by atoms with van der Waals surface area (Å²) in [5.41, 5.74) is 2.89. The zero-order valence-electron chi connectivity index (χ0n) is 18.7. The summed E-state index contributed by atoms with van der Waals surface area (Å²) in [6.07, 6.45) is 0. The summed E-state index contributed by atoms with van der Waals surface area (Å²) in [7, 11) is 1.68. The highest BCUT2D eigenvalue weighted by molar-refractivity contribution is 14.0. The lowest BCUT2D eigenvalue weighted by atomic mass is 10.0. The van der Waals surface area contributed by atoms with E-state index in [1.807, 2.05) is 30.3 Å². The third-order valence-corrected chi connectivity index (χ3v) is 5.27. The van der Waals surface area contributed by atoms with E-state index in [1.165, 1.54) is 5.56 Å². The van der Waals surface area contributed by atoms with Crippen molar-refractivity contribution in [1.29, 1.82) is 5.26 Å². The number of benzene rings is 2. The van der Waals surface area contributed by atoms with Crippen LogP contribution in [0.4, 0.5) is 0 Å². The Morgan fingerprint density at radius 2 is 1.94 bits per heavy atom. The fourth-order valence-electron chi connectivity index (χ4n) is 3.62. The summed E-state index contributed by atoms with van der Waals surface area (Å²) in [4.78, 5) is 7.16. The van der Waals surface area contributed by atoms with Crippen molar-refractivity contribution in [3.8, 4) is 11.8 Å². The van der Waals surface area contributed by atoms with Crippen LogP contribution in [0.15, 0.2) is 53.5 Å². The molecular formula is C24H32IN5O2. The first kappa shape index (κ1) is 25.9. The van der Waals surface area contributed by atoms with Crippen molar-refractivity contribution in [3.05, 3.63) is 65.2 Å². The molecule has 1 heterocycles. The molecule has 0 bridgehead atoms. The van der Waals surface area contributed by atoms with Crippen LogP contribution in [-0.4, -0.2) is 57.4 Å². The number of hydrogen-bond donors (Lipinski definition) is 2. The van der Waals surface area contributed by atoms with Crippen LogP contribution in [0.25, 0.3) is 0 Å². The second-order valence-electron chi connectivity index (χ2n) is 7.33. The lowest BCUT2D eigenvalue weighted by molar-refractivity contribution is 0.0170. The number of guanidine groups is 1. The number of hydrogen-bond acceptors (Lipinski definition) is 5. The van der Waals surface area contributed by atoms with E-state index >= 15 is 0 Å². The zero-order chi connectivity index (χ0) is 21.9. The highest BCUT2D eigenvalue weighted by Gasteiger charge is 2.23. The molecule has 32 heavy (non-hydrogen) atoms. The van der Waals surface area contributed by atoms with Crippen LogP contribution in [0, 0.1) is 11.3 Å². The lowest BCUT2D eigenvalue weighted by Gasteiger charge is -2.35. The number of nitrogens with one attached hydrogen (secondary N) is 2. The lowest BCUT2D eigenvalue weighted by Crippen LogP contribution is -2.46. The molecule has 1 unspecified atom stereocenters. The largest absolute Gasteiger partial charge is 0.497 e. The fraction of sp³-hybridized carbons (Fsp3) is 0.417. The van der Waals surface area contributed by atoms with Crippen molar-refractivity contribution < 1.29 is 9.47 Å². The van der Waals surface area contributed by atoms with Gasteiger partial charge in [-0.15, -0.1) is 24.0 Å². The number of rotatable bonds is 8. The average molecular weight is 549 g/mol. The average Bonchev–Trinajstić information content (AvgIpc) is 2.83. The van der Waals surface area contributed by atoms with Crippen LogP contribution in [0.3, 0.4) is 0 Å². The first-order valence-electron chi connectivity index (χ1n) is 10.7. The monoisotopic (exact) mass is 549 g/mol. The van der Waals surface area contributed by atoms with Crippen molar-refractivity contribution in [2.45, 2.75) is 19.5 Å². The molecule has 2 aromatic rings. The Balaban J connectivity index is 0.00000363. The second kappa shape index (κ2) is 13.9. The molecule has 7 nitrogen and oxygen atoms in total. The molecule has 8 heteroatoms. The highest BCUT2D eigenvalue weighted by atomic mass is 127. The number of halogens is 1. The minimum Gasteiger partial charge on any atom is -0.497 e. The molecule has 0 aliphatic carbocycles. The van der Waals surface area contributed by atoms with Crippen molar-refractivity contribution in [2.75, 3.05) is 46.5 Å². The van der Waals surface area contributed by atoms with Gasteiger partial charge in [-0.1, -0.05) is 24.3 Å². The summed E-state index contributed by atoms with van der Waals surface area (Å²) < 4.78 is 10.9. The van der Waals surface area contributed by atoms with Gasteiger partial charge in [-0.25, -0.2) is 4.99 Å². The Kier molecular flexibility index (Phi) is 11.3. The third kappa shape index (κ3) is 7.65. The molecule has 3 rings (SSSR count). The number of morpholine rings is 1. The molecule has 172 valence electrons. The number of nitrogens with zero attached hydrogens (tertiary/aromatic N) is 3. The number of nitriles is 1. The van der Waals surface area contributed by atoms with Gasteiger partial charge in [-0.2, -0.15) is 5.26 Å². The number of aliphatic imine (C=N–C) groups is 1. The highest BCUT2D eigenvalue weighted by Crippen LogP contribution is 2.23. The molecule has 0 amide bonds. The van der Waals surface area contributed by atoms with Gasteiger partial charge in [0.05, 0.1) is 44.5 Å². The maximum absolute atomic E-state index is 9.10. The van der Waals surface area contributed by atoms with E-state index in [1.54, 1.807) is 13.2 Å². The summed E-state index contributed by atoms with van der Waals surface area (Å²) in [5, 5.41) is 15.9. The maximum atomic E-state index is 9.10. The van der Waals surface area contributed by atoms with E-state index in [4.69, 9.17) is 19.7 Å². The Morgan fingerprint density at radius 3 is 2.59 bits per heavy atom. The van der Waals surface area contributed by atoms with E-state index in [0.717, 1.165) is 56.7 Å². The summed E-state index contributed by atoms with van der Waals surface area (Å²) in [6, 6.07) is 18.2. The quantitative estimate of drug-likeness (QED) is 0.299. The van der Waals surface area contributed by atoms with E-state index < -0.39 is 0 Å². The molecule has 1 fully saturated rings. The molecule has 1 aliphatic rings. The van der Waals surface area contributed by atoms with E-state index in [9.17, 15) is 0 Å². The molecular weight excluding hydrogens is 517 g/mol. The van der Waals surface area contributed by atoms with Gasteiger partial charge < -0.3 is 20.1 Å². The minimum atomic E-state index is 0. The fourth-order valence-corrected chi connectivity index (χ4v) is 3.62. The van der Waals surface area contributed by atoms with Crippen LogP contribution in [0.2, 0.25) is 0 Å². The standard InChI is InChI=1S/C24H31N5O2.HI/c1-3-26-24(27-17-20-6-4-5-19(15-20)16-25)28-18-23(29-11-13-31-14-12-29)21-7-9-22(30-2)10-8-21;/h4-10,15,23H,3,11-14,17-18H2,1-2H3,(H2,26,27,28);1H. The topological polar surface area (TPSA) is 81.9 Å². The van der Waals surface area contributed by atoms with Crippen molar-refractivity contribution in [3.63, 3.8) is 0 Å². The number of ether oxygens (including phenoxy) is 2. The molecule has 1 saturated heterocycles.